The first-order valence-corrected chi connectivity index (χ1v) is 13.0. The Hall–Kier alpha value is -3.43. The second-order valence-corrected chi connectivity index (χ2v) is 10.2. The minimum atomic E-state index is -0.618. The number of carbonyl (C=O) groups excluding carboxylic acids is 2. The number of hydrogen-bond donors (Lipinski definition) is 2. The zero-order valence-electron chi connectivity index (χ0n) is 19.8. The molecule has 0 bridgehead atoms. The van der Waals surface area contributed by atoms with Crippen LogP contribution in [0.5, 0.6) is 0 Å². The molecule has 0 radical (unpaired) electrons. The van der Waals surface area contributed by atoms with Gasteiger partial charge < -0.3 is 11.1 Å². The number of benzene rings is 2. The summed E-state index contributed by atoms with van der Waals surface area (Å²) in [5, 5.41) is 3.86. The Bertz CT molecular complexity index is 1470. The van der Waals surface area contributed by atoms with Gasteiger partial charge >= 0.3 is 0 Å². The van der Waals surface area contributed by atoms with Crippen LogP contribution in [0.4, 0.5) is 5.69 Å². The second-order valence-electron chi connectivity index (χ2n) is 8.20. The van der Waals surface area contributed by atoms with Gasteiger partial charge in [0.15, 0.2) is 5.16 Å². The Kier molecular flexibility index (Phi) is 7.37. The molecule has 3 N–H and O–H groups in total. The van der Waals surface area contributed by atoms with Crippen LogP contribution in [-0.4, -0.2) is 27.1 Å². The van der Waals surface area contributed by atoms with Gasteiger partial charge in [0.2, 0.25) is 5.91 Å². The molecule has 4 aromatic rings. The van der Waals surface area contributed by atoms with Crippen molar-refractivity contribution in [1.82, 2.24) is 9.55 Å². The maximum Gasteiger partial charge on any atom is 0.263 e. The van der Waals surface area contributed by atoms with Crippen LogP contribution in [0.25, 0.3) is 10.2 Å². The Balaban J connectivity index is 1.66. The average molecular weight is 507 g/mol. The molecule has 0 aliphatic heterocycles. The predicted molar refractivity (Wildman–Crippen MR) is 143 cm³/mol. The first-order chi connectivity index (χ1) is 16.8. The number of primary amides is 1. The van der Waals surface area contributed by atoms with E-state index in [4.69, 9.17) is 10.7 Å². The van der Waals surface area contributed by atoms with E-state index in [-0.39, 0.29) is 22.8 Å². The van der Waals surface area contributed by atoms with Gasteiger partial charge in [-0.25, -0.2) is 4.98 Å². The molecular formula is C26H26N4O3S2. The van der Waals surface area contributed by atoms with E-state index in [9.17, 15) is 14.4 Å². The molecule has 0 aliphatic carbocycles. The van der Waals surface area contributed by atoms with Crippen molar-refractivity contribution in [2.45, 2.75) is 38.9 Å². The number of thiophene rings is 1. The molecule has 0 atom stereocenters. The first kappa shape index (κ1) is 24.7. The lowest BCUT2D eigenvalue weighted by atomic mass is 10.1. The summed E-state index contributed by atoms with van der Waals surface area (Å²) in [6.45, 7) is 6.40. The summed E-state index contributed by atoms with van der Waals surface area (Å²) in [4.78, 5) is 44.6. The van der Waals surface area contributed by atoms with Crippen molar-refractivity contribution in [2.75, 3.05) is 11.1 Å². The average Bonchev–Trinajstić information content (AvgIpc) is 3.16. The first-order valence-electron chi connectivity index (χ1n) is 11.2. The number of thioether (sulfide) groups is 1. The number of nitrogens with zero attached hydrogens (tertiary/aromatic N) is 2. The number of anilines is 1. The number of hydrogen-bond acceptors (Lipinski definition) is 6. The van der Waals surface area contributed by atoms with E-state index in [1.165, 1.54) is 23.1 Å². The van der Waals surface area contributed by atoms with Gasteiger partial charge in [-0.1, -0.05) is 60.6 Å². The Morgan fingerprint density at radius 3 is 2.51 bits per heavy atom. The van der Waals surface area contributed by atoms with Crippen molar-refractivity contribution in [3.05, 3.63) is 86.0 Å². The summed E-state index contributed by atoms with van der Waals surface area (Å²) in [6.07, 6.45) is 0.828. The number of amides is 2. The smallest absolute Gasteiger partial charge is 0.263 e. The molecule has 4 rings (SSSR count). The van der Waals surface area contributed by atoms with Crippen molar-refractivity contribution in [2.24, 2.45) is 5.73 Å². The Morgan fingerprint density at radius 2 is 1.83 bits per heavy atom. The second kappa shape index (κ2) is 10.5. The quantitative estimate of drug-likeness (QED) is 0.270. The van der Waals surface area contributed by atoms with Crippen LogP contribution in [0, 0.1) is 13.8 Å². The van der Waals surface area contributed by atoms with Crippen LogP contribution in [0.2, 0.25) is 0 Å². The number of aromatic nitrogens is 2. The van der Waals surface area contributed by atoms with Gasteiger partial charge in [0.1, 0.15) is 4.83 Å². The highest BCUT2D eigenvalue weighted by molar-refractivity contribution is 7.99. The number of carbonyl (C=O) groups is 2. The number of para-hydroxylation sites is 1. The summed E-state index contributed by atoms with van der Waals surface area (Å²) in [6, 6.07) is 14.6. The van der Waals surface area contributed by atoms with Crippen molar-refractivity contribution in [1.29, 1.82) is 0 Å². The maximum absolute atomic E-state index is 13.6. The van der Waals surface area contributed by atoms with Crippen LogP contribution in [0.3, 0.4) is 0 Å². The highest BCUT2D eigenvalue weighted by atomic mass is 32.2. The van der Waals surface area contributed by atoms with Crippen LogP contribution in [0.1, 0.15) is 38.8 Å². The van der Waals surface area contributed by atoms with Crippen molar-refractivity contribution < 1.29 is 9.59 Å². The van der Waals surface area contributed by atoms with Crippen LogP contribution in [-0.2, 0) is 17.8 Å². The Morgan fingerprint density at radius 1 is 1.11 bits per heavy atom. The van der Waals surface area contributed by atoms with Gasteiger partial charge in [-0.05, 0) is 43.5 Å². The van der Waals surface area contributed by atoms with Crippen LogP contribution >= 0.6 is 23.1 Å². The van der Waals surface area contributed by atoms with Crippen molar-refractivity contribution in [3.63, 3.8) is 0 Å². The number of nitrogens with two attached hydrogens (primary N) is 1. The summed E-state index contributed by atoms with van der Waals surface area (Å²) in [5.74, 6) is -0.923. The lowest BCUT2D eigenvalue weighted by Crippen LogP contribution is -2.25. The van der Waals surface area contributed by atoms with Gasteiger partial charge in [0.25, 0.3) is 11.5 Å². The minimum absolute atomic E-state index is 0.0178. The molecule has 0 saturated heterocycles. The van der Waals surface area contributed by atoms with Gasteiger partial charge in [-0.3, -0.25) is 19.0 Å². The molecule has 7 nitrogen and oxygen atoms in total. The highest BCUT2D eigenvalue weighted by Gasteiger charge is 2.19. The van der Waals surface area contributed by atoms with Gasteiger partial charge in [0, 0.05) is 4.88 Å². The molecule has 0 aliphatic rings. The molecule has 2 aromatic carbocycles. The third kappa shape index (κ3) is 5.31. The Labute approximate surface area is 211 Å². The zero-order valence-corrected chi connectivity index (χ0v) is 21.4. The molecule has 2 amide bonds. The zero-order chi connectivity index (χ0) is 25.1. The topological polar surface area (TPSA) is 107 Å². The monoisotopic (exact) mass is 506 g/mol. The number of nitrogens with one attached hydrogen (secondary N) is 1. The normalized spacial score (nSPS) is 11.1. The molecule has 0 saturated carbocycles. The van der Waals surface area contributed by atoms with Gasteiger partial charge in [0.05, 0.1) is 28.9 Å². The molecule has 35 heavy (non-hydrogen) atoms. The maximum atomic E-state index is 13.6. The standard InChI is InChI=1S/C26H26N4O3S2/c1-4-20-16(3)22-24(35-20)29-26(30(25(22)33)13-17-11-9-15(2)10-12-17)34-14-21(31)28-19-8-6-5-7-18(19)23(27)32/h5-12H,4,13-14H2,1-3H3,(H2,27,32)(H,28,31). The summed E-state index contributed by atoms with van der Waals surface area (Å²) in [7, 11) is 0. The summed E-state index contributed by atoms with van der Waals surface area (Å²) < 4.78 is 1.64. The fourth-order valence-electron chi connectivity index (χ4n) is 3.83. The van der Waals surface area contributed by atoms with E-state index < -0.39 is 5.91 Å². The van der Waals surface area contributed by atoms with Gasteiger partial charge in [-0.2, -0.15) is 0 Å². The van der Waals surface area contributed by atoms with E-state index in [1.54, 1.807) is 28.8 Å². The number of aryl methyl sites for hydroxylation is 3. The number of fused-ring (bicyclic) bond motifs is 1. The number of rotatable bonds is 8. The lowest BCUT2D eigenvalue weighted by Gasteiger charge is -2.13. The van der Waals surface area contributed by atoms with Crippen molar-refractivity contribution >= 4 is 50.8 Å². The van der Waals surface area contributed by atoms with Gasteiger partial charge in [-0.15, -0.1) is 11.3 Å². The van der Waals surface area contributed by atoms with E-state index in [0.29, 0.717) is 27.6 Å². The van der Waals surface area contributed by atoms with E-state index >= 15 is 0 Å². The van der Waals surface area contributed by atoms with Crippen molar-refractivity contribution in [3.8, 4) is 0 Å². The third-order valence-corrected chi connectivity index (χ3v) is 8.00. The highest BCUT2D eigenvalue weighted by Crippen LogP contribution is 2.30. The SMILES string of the molecule is CCc1sc2nc(SCC(=O)Nc3ccccc3C(N)=O)n(Cc3ccc(C)cc3)c(=O)c2c1C. The lowest BCUT2D eigenvalue weighted by molar-refractivity contribution is -0.113. The summed E-state index contributed by atoms with van der Waals surface area (Å²) in [5.41, 5.74) is 8.98. The molecule has 2 aromatic heterocycles. The molecule has 0 fully saturated rings. The largest absolute Gasteiger partial charge is 0.366 e. The molecule has 180 valence electrons. The van der Waals surface area contributed by atoms with Crippen LogP contribution in [0.15, 0.2) is 58.5 Å². The third-order valence-electron chi connectivity index (χ3n) is 5.70. The molecule has 0 unspecified atom stereocenters. The molecular weight excluding hydrogens is 480 g/mol. The van der Waals surface area contributed by atoms with E-state index in [0.717, 1.165) is 28.0 Å². The van der Waals surface area contributed by atoms with E-state index in [1.807, 2.05) is 38.1 Å². The fraction of sp³-hybridized carbons (Fsp3) is 0.231. The molecule has 2 heterocycles. The molecule has 9 heteroatoms. The van der Waals surface area contributed by atoms with Crippen LogP contribution < -0.4 is 16.6 Å². The van der Waals surface area contributed by atoms with E-state index in [2.05, 4.69) is 12.2 Å². The predicted octanol–water partition coefficient (Wildman–Crippen LogP) is 4.52. The summed E-state index contributed by atoms with van der Waals surface area (Å²) >= 11 is 2.71. The minimum Gasteiger partial charge on any atom is -0.366 e. The fourth-order valence-corrected chi connectivity index (χ4v) is 5.79. The molecule has 0 spiro atoms.